The molecular formula is C27H30FN3O. The van der Waals surface area contributed by atoms with Crippen molar-refractivity contribution in [2.24, 2.45) is 0 Å². The summed E-state index contributed by atoms with van der Waals surface area (Å²) in [5.74, 6) is 4.92. The number of rotatable bonds is 7. The molecule has 2 amide bonds. The molecule has 0 aromatic heterocycles. The number of carbonyl (C=O) groups is 1. The molecule has 0 radical (unpaired) electrons. The number of nitrogens with zero attached hydrogens (tertiary/aromatic N) is 2. The van der Waals surface area contributed by atoms with Gasteiger partial charge in [0.2, 0.25) is 0 Å². The Bertz CT molecular complexity index is 989. The fourth-order valence-corrected chi connectivity index (χ4v) is 4.84. The van der Waals surface area contributed by atoms with E-state index in [0.29, 0.717) is 19.5 Å². The van der Waals surface area contributed by atoms with Gasteiger partial charge in [-0.3, -0.25) is 0 Å². The summed E-state index contributed by atoms with van der Waals surface area (Å²) < 4.78 is 13.6. The zero-order chi connectivity index (χ0) is 23.3. The average Bonchev–Trinajstić information content (AvgIpc) is 2.78. The molecule has 0 spiro atoms. The number of carbonyl (C=O) groups excluding carboxylic acids is 1. The van der Waals surface area contributed by atoms with E-state index in [-0.39, 0.29) is 36.0 Å². The second-order valence-corrected chi connectivity index (χ2v) is 8.55. The monoisotopic (exact) mass is 431 g/mol. The van der Waals surface area contributed by atoms with Crippen LogP contribution in [0.25, 0.3) is 0 Å². The molecule has 4 nitrogen and oxygen atoms in total. The number of amides is 2. The van der Waals surface area contributed by atoms with Crippen LogP contribution >= 0.6 is 0 Å². The predicted octanol–water partition coefficient (Wildman–Crippen LogP) is 4.44. The second kappa shape index (κ2) is 9.90. The molecule has 1 N–H and O–H groups in total. The number of urea groups is 1. The predicted molar refractivity (Wildman–Crippen MR) is 127 cm³/mol. The lowest BCUT2D eigenvalue weighted by Gasteiger charge is -2.53. The molecule has 1 heterocycles. The maximum absolute atomic E-state index is 13.9. The Morgan fingerprint density at radius 1 is 1.28 bits per heavy atom. The van der Waals surface area contributed by atoms with Crippen molar-refractivity contribution in [3.63, 3.8) is 0 Å². The highest BCUT2D eigenvalue weighted by Gasteiger charge is 2.48. The minimum atomic E-state index is -0.387. The molecule has 1 aliphatic carbocycles. The van der Waals surface area contributed by atoms with E-state index in [2.05, 4.69) is 37.2 Å². The molecule has 5 heteroatoms. The maximum atomic E-state index is 13.9. The van der Waals surface area contributed by atoms with Crippen LogP contribution < -0.4 is 5.32 Å². The fourth-order valence-electron chi connectivity index (χ4n) is 4.84. The number of nitrogens with one attached hydrogen (secondary N) is 1. The van der Waals surface area contributed by atoms with Gasteiger partial charge >= 0.3 is 6.03 Å². The van der Waals surface area contributed by atoms with Gasteiger partial charge < -0.3 is 15.1 Å². The molecule has 0 saturated heterocycles. The first-order chi connectivity index (χ1) is 15.4. The third kappa shape index (κ3) is 4.49. The van der Waals surface area contributed by atoms with Crippen LogP contribution in [0.1, 0.15) is 37.8 Å². The van der Waals surface area contributed by atoms with Crippen LogP contribution in [0.2, 0.25) is 0 Å². The summed E-state index contributed by atoms with van der Waals surface area (Å²) >= 11 is 0. The molecule has 32 heavy (non-hydrogen) atoms. The highest BCUT2D eigenvalue weighted by molar-refractivity contribution is 5.78. The second-order valence-electron chi connectivity index (χ2n) is 8.55. The molecule has 1 atom stereocenters. The third-order valence-electron chi connectivity index (χ3n) is 6.49. The summed E-state index contributed by atoms with van der Waals surface area (Å²) in [6.07, 6.45) is 16.8. The molecule has 1 aromatic carbocycles. The summed E-state index contributed by atoms with van der Waals surface area (Å²) in [7, 11) is 0. The van der Waals surface area contributed by atoms with E-state index in [4.69, 9.17) is 12.8 Å². The van der Waals surface area contributed by atoms with Crippen LogP contribution in [-0.2, 0) is 0 Å². The number of halogens is 1. The van der Waals surface area contributed by atoms with Crippen molar-refractivity contribution in [3.05, 3.63) is 72.1 Å². The van der Waals surface area contributed by atoms with Crippen LogP contribution in [0, 0.1) is 30.5 Å². The quantitative estimate of drug-likeness (QED) is 0.648. The van der Waals surface area contributed by atoms with Gasteiger partial charge in [0.25, 0.3) is 0 Å². The van der Waals surface area contributed by atoms with Crippen molar-refractivity contribution in [2.75, 3.05) is 19.6 Å². The lowest BCUT2D eigenvalue weighted by atomic mass is 9.72. The molecule has 0 unspecified atom stereocenters. The molecule has 166 valence electrons. The van der Waals surface area contributed by atoms with E-state index in [1.807, 2.05) is 11.0 Å². The highest BCUT2D eigenvalue weighted by atomic mass is 19.1. The maximum Gasteiger partial charge on any atom is 0.322 e. The van der Waals surface area contributed by atoms with Gasteiger partial charge in [-0.05, 0) is 55.0 Å². The first kappa shape index (κ1) is 23.4. The van der Waals surface area contributed by atoms with Crippen molar-refractivity contribution < 1.29 is 9.18 Å². The molecular weight excluding hydrogens is 401 g/mol. The zero-order valence-electron chi connectivity index (χ0n) is 18.6. The van der Waals surface area contributed by atoms with Crippen molar-refractivity contribution in [2.45, 2.75) is 43.8 Å². The molecule has 1 saturated carbocycles. The number of allylic oxidation sites excluding steroid dienone is 1. The molecule has 3 rings (SSSR count). The summed E-state index contributed by atoms with van der Waals surface area (Å²) in [5, 5.41) is 3.30. The smallest absolute Gasteiger partial charge is 0.313 e. The number of hydrogen-bond donors (Lipinski definition) is 1. The van der Waals surface area contributed by atoms with E-state index < -0.39 is 0 Å². The van der Waals surface area contributed by atoms with Crippen LogP contribution in [-0.4, -0.2) is 47.0 Å². The Morgan fingerprint density at radius 2 is 1.97 bits per heavy atom. The first-order valence-corrected chi connectivity index (χ1v) is 10.8. The summed E-state index contributed by atoms with van der Waals surface area (Å²) in [5.41, 5.74) is 2.40. The Morgan fingerprint density at radius 3 is 2.53 bits per heavy atom. The van der Waals surface area contributed by atoms with Crippen molar-refractivity contribution in [1.82, 2.24) is 15.1 Å². The molecule has 0 bridgehead atoms. The van der Waals surface area contributed by atoms with Gasteiger partial charge in [-0.25, -0.2) is 9.18 Å². The van der Waals surface area contributed by atoms with Crippen molar-refractivity contribution >= 4 is 6.03 Å². The van der Waals surface area contributed by atoms with E-state index in [0.717, 1.165) is 29.6 Å². The average molecular weight is 432 g/mol. The lowest BCUT2D eigenvalue weighted by molar-refractivity contribution is 0.0258. The molecule has 1 fully saturated rings. The van der Waals surface area contributed by atoms with Gasteiger partial charge in [-0.15, -0.1) is 12.8 Å². The van der Waals surface area contributed by atoms with Gasteiger partial charge in [0, 0.05) is 18.1 Å². The Kier molecular flexibility index (Phi) is 7.23. The van der Waals surface area contributed by atoms with Crippen LogP contribution in [0.5, 0.6) is 0 Å². The van der Waals surface area contributed by atoms with E-state index in [1.54, 1.807) is 23.1 Å². The minimum absolute atomic E-state index is 0.127. The normalized spacial score (nSPS) is 24.7. The summed E-state index contributed by atoms with van der Waals surface area (Å²) in [4.78, 5) is 17.5. The van der Waals surface area contributed by atoms with Crippen molar-refractivity contribution in [1.29, 1.82) is 0 Å². The molecule has 2 aliphatic rings. The SMILES string of the molecule is C#CCNC1CC(C)(N(CC#C)C(=O)N2CCC(C=C)=C(C=C)[C@@H]2c2ccc(F)cc2)C1. The van der Waals surface area contributed by atoms with E-state index in [9.17, 15) is 9.18 Å². The van der Waals surface area contributed by atoms with Crippen LogP contribution in [0.3, 0.4) is 0 Å². The number of benzene rings is 1. The van der Waals surface area contributed by atoms with Gasteiger partial charge in [-0.1, -0.05) is 49.3 Å². The van der Waals surface area contributed by atoms with Gasteiger partial charge in [0.15, 0.2) is 0 Å². The Balaban J connectivity index is 1.94. The Hall–Kier alpha value is -3.28. The largest absolute Gasteiger partial charge is 0.322 e. The van der Waals surface area contributed by atoms with E-state index in [1.165, 1.54) is 12.1 Å². The summed E-state index contributed by atoms with van der Waals surface area (Å²) in [6.45, 7) is 11.2. The topological polar surface area (TPSA) is 35.6 Å². The number of hydrogen-bond acceptors (Lipinski definition) is 2. The molecule has 1 aromatic rings. The van der Waals surface area contributed by atoms with Crippen molar-refractivity contribution in [3.8, 4) is 24.7 Å². The van der Waals surface area contributed by atoms with Crippen LogP contribution in [0.15, 0.2) is 60.7 Å². The van der Waals surface area contributed by atoms with Crippen LogP contribution in [0.4, 0.5) is 9.18 Å². The lowest BCUT2D eigenvalue weighted by Crippen LogP contribution is -2.65. The fraction of sp³-hybridized carbons (Fsp3) is 0.370. The van der Waals surface area contributed by atoms with Gasteiger partial charge in [0.1, 0.15) is 5.82 Å². The van der Waals surface area contributed by atoms with Gasteiger partial charge in [0.05, 0.1) is 19.1 Å². The van der Waals surface area contributed by atoms with E-state index >= 15 is 0 Å². The zero-order valence-corrected chi connectivity index (χ0v) is 18.6. The highest BCUT2D eigenvalue weighted by Crippen LogP contribution is 2.42. The Labute approximate surface area is 190 Å². The first-order valence-electron chi connectivity index (χ1n) is 10.8. The minimum Gasteiger partial charge on any atom is -0.313 e. The van der Waals surface area contributed by atoms with Gasteiger partial charge in [-0.2, -0.15) is 0 Å². The third-order valence-corrected chi connectivity index (χ3v) is 6.49. The summed E-state index contributed by atoms with van der Waals surface area (Å²) in [6, 6.07) is 6.00. The standard InChI is InChI=1S/C27H30FN3O/c1-6-15-29-23-18-27(5,19-23)31(16-7-2)26(32)30-17-14-20(8-3)24(9-4)25(30)21-10-12-22(28)13-11-21/h1-2,8-13,23,25,29H,3-4,14-19H2,5H3/t23?,25-,27?/m0/s1. The molecule has 1 aliphatic heterocycles. The number of terminal acetylenes is 2.